The lowest BCUT2D eigenvalue weighted by Gasteiger charge is -2.14. The number of unbranched alkanes of at least 4 members (excludes halogenated alkanes) is 3. The molecule has 0 spiro atoms. The number of rotatable bonds is 11. The van der Waals surface area contributed by atoms with Crippen molar-refractivity contribution in [3.8, 4) is 0 Å². The minimum atomic E-state index is -0.0712. The maximum atomic E-state index is 12.1. The van der Waals surface area contributed by atoms with Gasteiger partial charge in [0.1, 0.15) is 0 Å². The Morgan fingerprint density at radius 1 is 0.789 bits per heavy atom. The van der Waals surface area contributed by atoms with Crippen LogP contribution in [0.25, 0.3) is 0 Å². The van der Waals surface area contributed by atoms with Crippen LogP contribution in [0.5, 0.6) is 0 Å². The van der Waals surface area contributed by atoms with Gasteiger partial charge in [0, 0.05) is 5.57 Å². The Morgan fingerprint density at radius 3 is 1.68 bits per heavy atom. The molecule has 0 rings (SSSR count). The van der Waals surface area contributed by atoms with Gasteiger partial charge in [-0.2, -0.15) is 0 Å². The number of hydrogen-bond donors (Lipinski definition) is 0. The molecule has 112 valence electrons. The molecule has 0 heterocycles. The highest BCUT2D eigenvalue weighted by atomic mass is 16.5. The lowest BCUT2D eigenvalue weighted by molar-refractivity contribution is -0.138. The molecule has 0 fully saturated rings. The molecule has 0 unspecified atom stereocenters. The highest BCUT2D eigenvalue weighted by Gasteiger charge is 2.15. The third-order valence-corrected chi connectivity index (χ3v) is 3.39. The molecule has 2 nitrogen and oxygen atoms in total. The van der Waals surface area contributed by atoms with Crippen LogP contribution in [-0.2, 0) is 9.53 Å². The molecule has 0 saturated heterocycles. The van der Waals surface area contributed by atoms with E-state index in [1.807, 2.05) is 6.92 Å². The van der Waals surface area contributed by atoms with Crippen molar-refractivity contribution in [3.63, 3.8) is 0 Å². The molecule has 0 aromatic rings. The maximum absolute atomic E-state index is 12.1. The van der Waals surface area contributed by atoms with Crippen LogP contribution in [0, 0.1) is 0 Å². The fourth-order valence-corrected chi connectivity index (χ4v) is 2.20. The molecule has 19 heavy (non-hydrogen) atoms. The molecule has 0 amide bonds. The van der Waals surface area contributed by atoms with Gasteiger partial charge in [0.15, 0.2) is 0 Å². The van der Waals surface area contributed by atoms with Crippen molar-refractivity contribution in [2.24, 2.45) is 0 Å². The molecule has 0 atom stereocenters. The fraction of sp³-hybridized carbons (Fsp3) is 0.824. The van der Waals surface area contributed by atoms with Crippen LogP contribution >= 0.6 is 0 Å². The Hall–Kier alpha value is -0.790. The second-order valence-corrected chi connectivity index (χ2v) is 5.11. The first kappa shape index (κ1) is 18.2. The Labute approximate surface area is 119 Å². The van der Waals surface area contributed by atoms with Crippen LogP contribution in [0.3, 0.4) is 0 Å². The minimum Gasteiger partial charge on any atom is -0.463 e. The predicted octanol–water partition coefficient (Wildman–Crippen LogP) is 5.42. The van der Waals surface area contributed by atoms with E-state index < -0.39 is 0 Å². The van der Waals surface area contributed by atoms with Gasteiger partial charge in [0.05, 0.1) is 6.61 Å². The summed E-state index contributed by atoms with van der Waals surface area (Å²) in [6.45, 7) is 8.93. The van der Waals surface area contributed by atoms with Gasteiger partial charge < -0.3 is 4.74 Å². The second kappa shape index (κ2) is 12.3. The second-order valence-electron chi connectivity index (χ2n) is 5.11. The molecule has 0 aromatic heterocycles. The standard InChI is InChI=1S/C17H32O2/c1-5-9-12-15(13-10-6-2)16(14-11-7-3)17(18)19-8-4/h5-14H2,1-4H3. The summed E-state index contributed by atoms with van der Waals surface area (Å²) < 4.78 is 5.25. The Bertz CT molecular complexity index is 256. The molecular formula is C17H32O2. The lowest BCUT2D eigenvalue weighted by atomic mass is 9.94. The van der Waals surface area contributed by atoms with Crippen molar-refractivity contribution < 1.29 is 9.53 Å². The highest BCUT2D eigenvalue weighted by Crippen LogP contribution is 2.24. The summed E-state index contributed by atoms with van der Waals surface area (Å²) >= 11 is 0. The first-order chi connectivity index (χ1) is 9.21. The third kappa shape index (κ3) is 8.07. The topological polar surface area (TPSA) is 26.3 Å². The normalized spacial score (nSPS) is 10.3. The zero-order valence-corrected chi connectivity index (χ0v) is 13.4. The van der Waals surface area contributed by atoms with Crippen molar-refractivity contribution in [3.05, 3.63) is 11.1 Å². The fourth-order valence-electron chi connectivity index (χ4n) is 2.20. The van der Waals surface area contributed by atoms with Crippen LogP contribution in [0.2, 0.25) is 0 Å². The number of hydrogen-bond acceptors (Lipinski definition) is 2. The maximum Gasteiger partial charge on any atom is 0.333 e. The summed E-state index contributed by atoms with van der Waals surface area (Å²) in [6, 6.07) is 0. The summed E-state index contributed by atoms with van der Waals surface area (Å²) in [6.07, 6.45) is 9.93. The van der Waals surface area contributed by atoms with E-state index in [0.29, 0.717) is 6.61 Å². The first-order valence-electron chi connectivity index (χ1n) is 8.09. The Morgan fingerprint density at radius 2 is 1.26 bits per heavy atom. The van der Waals surface area contributed by atoms with E-state index in [9.17, 15) is 4.79 Å². The number of carbonyl (C=O) groups excluding carboxylic acids is 1. The molecule has 0 radical (unpaired) electrons. The minimum absolute atomic E-state index is 0.0712. The summed E-state index contributed by atoms with van der Waals surface area (Å²) in [7, 11) is 0. The van der Waals surface area contributed by atoms with Gasteiger partial charge in [-0.1, -0.05) is 45.6 Å². The number of carbonyl (C=O) groups is 1. The van der Waals surface area contributed by atoms with Crippen LogP contribution in [0.15, 0.2) is 11.1 Å². The Balaban J connectivity index is 4.96. The third-order valence-electron chi connectivity index (χ3n) is 3.39. The largest absolute Gasteiger partial charge is 0.463 e. The summed E-state index contributed by atoms with van der Waals surface area (Å²) in [5.41, 5.74) is 2.33. The molecular weight excluding hydrogens is 236 g/mol. The van der Waals surface area contributed by atoms with Crippen LogP contribution in [0.4, 0.5) is 0 Å². The molecule has 2 heteroatoms. The zero-order valence-electron chi connectivity index (χ0n) is 13.4. The summed E-state index contributed by atoms with van der Waals surface area (Å²) in [5.74, 6) is -0.0712. The van der Waals surface area contributed by atoms with Crippen molar-refractivity contribution >= 4 is 5.97 Å². The van der Waals surface area contributed by atoms with Crippen LogP contribution in [0.1, 0.15) is 85.5 Å². The van der Waals surface area contributed by atoms with Crippen LogP contribution < -0.4 is 0 Å². The smallest absolute Gasteiger partial charge is 0.333 e. The Kier molecular flexibility index (Phi) is 11.7. The van der Waals surface area contributed by atoms with E-state index in [2.05, 4.69) is 20.8 Å². The number of allylic oxidation sites excluding steroid dienone is 1. The van der Waals surface area contributed by atoms with E-state index in [4.69, 9.17) is 4.74 Å². The van der Waals surface area contributed by atoms with E-state index in [0.717, 1.165) is 37.7 Å². The van der Waals surface area contributed by atoms with Crippen molar-refractivity contribution in [2.75, 3.05) is 6.61 Å². The molecule has 0 aromatic carbocycles. The van der Waals surface area contributed by atoms with Gasteiger partial charge in [-0.25, -0.2) is 4.79 Å². The molecule has 0 saturated carbocycles. The van der Waals surface area contributed by atoms with Gasteiger partial charge in [0.25, 0.3) is 0 Å². The average molecular weight is 268 g/mol. The van der Waals surface area contributed by atoms with Crippen molar-refractivity contribution in [2.45, 2.75) is 85.5 Å². The van der Waals surface area contributed by atoms with Gasteiger partial charge in [-0.05, 0) is 45.4 Å². The van der Waals surface area contributed by atoms with E-state index in [1.165, 1.54) is 31.3 Å². The number of ether oxygens (including phenoxy) is 1. The molecule has 0 bridgehead atoms. The molecule has 0 aliphatic heterocycles. The lowest BCUT2D eigenvalue weighted by Crippen LogP contribution is -2.11. The molecule has 0 aliphatic rings. The first-order valence-corrected chi connectivity index (χ1v) is 8.09. The SMILES string of the molecule is CCCCC(CCCC)=C(CCCC)C(=O)OCC. The monoisotopic (exact) mass is 268 g/mol. The van der Waals surface area contributed by atoms with Gasteiger partial charge in [-0.15, -0.1) is 0 Å². The average Bonchev–Trinajstić information content (AvgIpc) is 2.41. The van der Waals surface area contributed by atoms with Gasteiger partial charge in [0.2, 0.25) is 0 Å². The summed E-state index contributed by atoms with van der Waals surface area (Å²) in [4.78, 5) is 12.1. The zero-order chi connectivity index (χ0) is 14.5. The highest BCUT2D eigenvalue weighted by molar-refractivity contribution is 5.89. The van der Waals surface area contributed by atoms with E-state index in [1.54, 1.807) is 0 Å². The van der Waals surface area contributed by atoms with E-state index in [-0.39, 0.29) is 5.97 Å². The van der Waals surface area contributed by atoms with Crippen LogP contribution in [-0.4, -0.2) is 12.6 Å². The quantitative estimate of drug-likeness (QED) is 0.369. The summed E-state index contributed by atoms with van der Waals surface area (Å²) in [5, 5.41) is 0. The van der Waals surface area contributed by atoms with Crippen molar-refractivity contribution in [1.82, 2.24) is 0 Å². The molecule has 0 N–H and O–H groups in total. The van der Waals surface area contributed by atoms with Gasteiger partial charge >= 0.3 is 5.97 Å². The predicted molar refractivity (Wildman–Crippen MR) is 82.2 cm³/mol. The van der Waals surface area contributed by atoms with E-state index >= 15 is 0 Å². The van der Waals surface area contributed by atoms with Gasteiger partial charge in [-0.3, -0.25) is 0 Å². The number of esters is 1. The molecule has 0 aliphatic carbocycles. The van der Waals surface area contributed by atoms with Crippen molar-refractivity contribution in [1.29, 1.82) is 0 Å².